The molecule has 0 unspecified atom stereocenters. The van der Waals surface area contributed by atoms with E-state index in [-0.39, 0.29) is 24.0 Å². The van der Waals surface area contributed by atoms with Gasteiger partial charge in [0.05, 0.1) is 0 Å². The fourth-order valence-electron chi connectivity index (χ4n) is 2.53. The van der Waals surface area contributed by atoms with Gasteiger partial charge in [0.1, 0.15) is 11.6 Å². The number of aryl methyl sites for hydroxylation is 1. The zero-order valence-electron chi connectivity index (χ0n) is 15.5. The van der Waals surface area contributed by atoms with Gasteiger partial charge in [-0.15, -0.1) is 24.0 Å². The lowest BCUT2D eigenvalue weighted by molar-refractivity contribution is 0.805. The molecule has 0 atom stereocenters. The molecule has 3 rings (SSSR count). The molecule has 0 bridgehead atoms. The van der Waals surface area contributed by atoms with Crippen LogP contribution in [0.5, 0.6) is 0 Å². The first-order valence-electron chi connectivity index (χ1n) is 8.40. The Balaban J connectivity index is 0.00000280. The number of nitrogens with one attached hydrogen (secondary N) is 2. The summed E-state index contributed by atoms with van der Waals surface area (Å²) in [5.41, 5.74) is 2.00. The number of aromatic nitrogens is 3. The van der Waals surface area contributed by atoms with E-state index in [2.05, 4.69) is 25.6 Å². The van der Waals surface area contributed by atoms with Gasteiger partial charge < -0.3 is 10.6 Å². The first kappa shape index (κ1) is 22.4. The molecule has 9 heteroatoms. The molecule has 6 nitrogen and oxygen atoms in total. The molecule has 0 aliphatic heterocycles. The lowest BCUT2D eigenvalue weighted by atomic mass is 10.2. The lowest BCUT2D eigenvalue weighted by Crippen LogP contribution is -2.36. The average Bonchev–Trinajstić information content (AvgIpc) is 3.09. The number of hydrogen-bond donors (Lipinski definition) is 2. The van der Waals surface area contributed by atoms with Gasteiger partial charge >= 0.3 is 0 Å². The molecule has 0 saturated heterocycles. The summed E-state index contributed by atoms with van der Waals surface area (Å²) in [6, 6.07) is 9.43. The zero-order valence-corrected chi connectivity index (χ0v) is 19.3. The van der Waals surface area contributed by atoms with Gasteiger partial charge in [-0.1, -0.05) is 35.3 Å². The topological polar surface area (TPSA) is 67.1 Å². The molecule has 0 radical (unpaired) electrons. The number of rotatable bonds is 5. The number of benzene rings is 1. The highest BCUT2D eigenvalue weighted by Gasteiger charge is 2.05. The largest absolute Gasteiger partial charge is 0.352 e. The summed E-state index contributed by atoms with van der Waals surface area (Å²) in [5.74, 6) is 2.42. The molecule has 148 valence electrons. The highest BCUT2D eigenvalue weighted by Crippen LogP contribution is 2.20. The van der Waals surface area contributed by atoms with Gasteiger partial charge in [-0.05, 0) is 36.2 Å². The van der Waals surface area contributed by atoms with Crippen molar-refractivity contribution in [3.8, 4) is 5.82 Å². The van der Waals surface area contributed by atoms with E-state index in [4.69, 9.17) is 23.2 Å². The second-order valence-corrected chi connectivity index (χ2v) is 6.73. The van der Waals surface area contributed by atoms with E-state index < -0.39 is 0 Å². The van der Waals surface area contributed by atoms with Gasteiger partial charge in [0.15, 0.2) is 5.96 Å². The van der Waals surface area contributed by atoms with E-state index >= 15 is 0 Å². The van der Waals surface area contributed by atoms with Crippen LogP contribution in [-0.2, 0) is 13.1 Å². The van der Waals surface area contributed by atoms with Crippen molar-refractivity contribution in [3.05, 3.63) is 75.9 Å². The minimum absolute atomic E-state index is 0. The molecular formula is C19H21Cl2IN6. The van der Waals surface area contributed by atoms with Crippen molar-refractivity contribution in [2.24, 2.45) is 4.99 Å². The van der Waals surface area contributed by atoms with Crippen LogP contribution >= 0.6 is 47.2 Å². The predicted octanol–water partition coefficient (Wildman–Crippen LogP) is 4.37. The average molecular weight is 531 g/mol. The van der Waals surface area contributed by atoms with E-state index in [9.17, 15) is 0 Å². The molecule has 0 spiro atoms. The standard InChI is InChI=1S/C19H20Cl2N6.HI/c1-13-23-7-8-27(13)18-6-3-14(10-24-18)11-25-19(22-2)26-12-15-4-5-16(20)9-17(15)21;/h3-10H,11-12H2,1-2H3,(H2,22,25,26);1H. The Morgan fingerprint density at radius 1 is 1.11 bits per heavy atom. The number of pyridine rings is 1. The van der Waals surface area contributed by atoms with E-state index in [1.807, 2.05) is 48.1 Å². The molecule has 28 heavy (non-hydrogen) atoms. The third kappa shape index (κ3) is 5.83. The number of aliphatic imine (C=N–C) groups is 1. The Kier molecular flexibility index (Phi) is 8.53. The summed E-state index contributed by atoms with van der Waals surface area (Å²) in [5, 5.41) is 7.74. The third-order valence-electron chi connectivity index (χ3n) is 4.03. The summed E-state index contributed by atoms with van der Waals surface area (Å²) >= 11 is 12.1. The first-order valence-corrected chi connectivity index (χ1v) is 9.16. The molecule has 2 aromatic heterocycles. The van der Waals surface area contributed by atoms with E-state index in [1.165, 1.54) is 0 Å². The normalized spacial score (nSPS) is 11.1. The first-order chi connectivity index (χ1) is 13.1. The SMILES string of the molecule is CN=C(NCc1ccc(-n2ccnc2C)nc1)NCc1ccc(Cl)cc1Cl.I. The number of halogens is 3. The van der Waals surface area contributed by atoms with Crippen LogP contribution in [0.2, 0.25) is 10.0 Å². The second kappa shape index (κ2) is 10.6. The van der Waals surface area contributed by atoms with Crippen LogP contribution in [0.4, 0.5) is 0 Å². The minimum atomic E-state index is 0. The Labute approximate surface area is 191 Å². The maximum atomic E-state index is 6.20. The van der Waals surface area contributed by atoms with Crippen LogP contribution < -0.4 is 10.6 Å². The fourth-order valence-corrected chi connectivity index (χ4v) is 3.01. The molecule has 2 N–H and O–H groups in total. The molecule has 0 aliphatic rings. The maximum absolute atomic E-state index is 6.20. The molecule has 0 amide bonds. The predicted molar refractivity (Wildman–Crippen MR) is 125 cm³/mol. The van der Waals surface area contributed by atoms with Crippen molar-refractivity contribution in [1.29, 1.82) is 0 Å². The Bertz CT molecular complexity index is 940. The summed E-state index contributed by atoms with van der Waals surface area (Å²) < 4.78 is 1.94. The van der Waals surface area contributed by atoms with E-state index in [0.717, 1.165) is 22.8 Å². The number of imidazole rings is 1. The van der Waals surface area contributed by atoms with Crippen molar-refractivity contribution in [3.63, 3.8) is 0 Å². The van der Waals surface area contributed by atoms with Gasteiger partial charge in [-0.2, -0.15) is 0 Å². The monoisotopic (exact) mass is 530 g/mol. The lowest BCUT2D eigenvalue weighted by Gasteiger charge is -2.13. The molecule has 0 aliphatic carbocycles. The van der Waals surface area contributed by atoms with Gasteiger partial charge in [0, 0.05) is 48.8 Å². The van der Waals surface area contributed by atoms with Crippen molar-refractivity contribution >= 4 is 53.1 Å². The molecule has 0 fully saturated rings. The van der Waals surface area contributed by atoms with Gasteiger partial charge in [0.2, 0.25) is 0 Å². The molecule has 1 aromatic carbocycles. The third-order valence-corrected chi connectivity index (χ3v) is 4.61. The van der Waals surface area contributed by atoms with Crippen molar-refractivity contribution in [2.45, 2.75) is 20.0 Å². The van der Waals surface area contributed by atoms with E-state index in [1.54, 1.807) is 19.3 Å². The smallest absolute Gasteiger partial charge is 0.191 e. The van der Waals surface area contributed by atoms with Crippen LogP contribution in [-0.4, -0.2) is 27.5 Å². The maximum Gasteiger partial charge on any atom is 0.191 e. The highest BCUT2D eigenvalue weighted by molar-refractivity contribution is 14.0. The summed E-state index contributed by atoms with van der Waals surface area (Å²) in [6.45, 7) is 3.09. The Morgan fingerprint density at radius 3 is 2.50 bits per heavy atom. The number of guanidine groups is 1. The summed E-state index contributed by atoms with van der Waals surface area (Å²) in [7, 11) is 1.72. The Hall–Kier alpha value is -1.84. The van der Waals surface area contributed by atoms with Crippen LogP contribution in [0.15, 0.2) is 53.9 Å². The van der Waals surface area contributed by atoms with Crippen molar-refractivity contribution < 1.29 is 0 Å². The quantitative estimate of drug-likeness (QED) is 0.292. The zero-order chi connectivity index (χ0) is 19.2. The van der Waals surface area contributed by atoms with Crippen LogP contribution in [0.25, 0.3) is 5.82 Å². The van der Waals surface area contributed by atoms with Gasteiger partial charge in [-0.3, -0.25) is 9.56 Å². The summed E-state index contributed by atoms with van der Waals surface area (Å²) in [4.78, 5) is 12.9. The highest BCUT2D eigenvalue weighted by atomic mass is 127. The minimum Gasteiger partial charge on any atom is -0.352 e. The van der Waals surface area contributed by atoms with E-state index in [0.29, 0.717) is 29.1 Å². The Morgan fingerprint density at radius 2 is 1.89 bits per heavy atom. The molecule has 0 saturated carbocycles. The van der Waals surface area contributed by atoms with Crippen LogP contribution in [0, 0.1) is 6.92 Å². The van der Waals surface area contributed by atoms with Crippen molar-refractivity contribution in [1.82, 2.24) is 25.2 Å². The molecule has 2 heterocycles. The summed E-state index contributed by atoms with van der Waals surface area (Å²) in [6.07, 6.45) is 5.49. The van der Waals surface area contributed by atoms with Crippen molar-refractivity contribution in [2.75, 3.05) is 7.05 Å². The van der Waals surface area contributed by atoms with Gasteiger partial charge in [-0.25, -0.2) is 9.97 Å². The fraction of sp³-hybridized carbons (Fsp3) is 0.211. The molecular weight excluding hydrogens is 510 g/mol. The number of hydrogen-bond acceptors (Lipinski definition) is 3. The van der Waals surface area contributed by atoms with Gasteiger partial charge in [0.25, 0.3) is 0 Å². The second-order valence-electron chi connectivity index (χ2n) is 5.88. The molecule has 3 aromatic rings. The van der Waals surface area contributed by atoms with Crippen LogP contribution in [0.1, 0.15) is 17.0 Å². The number of nitrogens with zero attached hydrogens (tertiary/aromatic N) is 4. The van der Waals surface area contributed by atoms with Crippen LogP contribution in [0.3, 0.4) is 0 Å².